The van der Waals surface area contributed by atoms with Crippen molar-refractivity contribution in [2.75, 3.05) is 5.32 Å². The van der Waals surface area contributed by atoms with E-state index >= 15 is 0 Å². The van der Waals surface area contributed by atoms with Crippen LogP contribution in [0.15, 0.2) is 30.9 Å². The maximum absolute atomic E-state index is 11.3. The number of nitrogens with two attached hydrogens (primary N) is 1. The Bertz CT molecular complexity index is 525. The van der Waals surface area contributed by atoms with Gasteiger partial charge in [-0.05, 0) is 24.3 Å². The molecule has 0 spiro atoms. The Labute approximate surface area is 102 Å². The normalized spacial score (nSPS) is 9.39. The number of nitrogens with one attached hydrogen (secondary N) is 2. The van der Waals surface area contributed by atoms with Crippen LogP contribution in [0.3, 0.4) is 0 Å². The molecule has 7 heteroatoms. The van der Waals surface area contributed by atoms with Crippen LogP contribution < -0.4 is 16.6 Å². The van der Waals surface area contributed by atoms with Crippen molar-refractivity contribution < 1.29 is 19.5 Å². The predicted molar refractivity (Wildman–Crippen MR) is 63.9 cm³/mol. The lowest BCUT2D eigenvalue weighted by Crippen LogP contribution is -2.31. The van der Waals surface area contributed by atoms with Gasteiger partial charge in [-0.2, -0.15) is 0 Å². The number of hydrazine groups is 1. The number of rotatable bonds is 4. The number of hydrogen-bond donors (Lipinski definition) is 4. The maximum Gasteiger partial charge on any atom is 0.336 e. The summed E-state index contributed by atoms with van der Waals surface area (Å²) in [6, 6.07) is 3.80. The number of anilines is 1. The topological polar surface area (TPSA) is 122 Å². The molecule has 0 aromatic heterocycles. The standard InChI is InChI=1S/C11H11N3O4/c1-2-9(15)13-6-3-4-7(10(16)14-12)8(5-6)11(17)18/h2-5H,1,12H2,(H,13,15)(H,14,16)(H,17,18). The van der Waals surface area contributed by atoms with Gasteiger partial charge in [-0.25, -0.2) is 10.6 Å². The van der Waals surface area contributed by atoms with Gasteiger partial charge in [0.25, 0.3) is 5.91 Å². The number of carboxylic acid groups (broad SMARTS) is 1. The number of amides is 2. The van der Waals surface area contributed by atoms with E-state index in [1.54, 1.807) is 0 Å². The smallest absolute Gasteiger partial charge is 0.336 e. The molecule has 1 rings (SSSR count). The zero-order valence-corrected chi connectivity index (χ0v) is 9.27. The van der Waals surface area contributed by atoms with Gasteiger partial charge in [0.1, 0.15) is 0 Å². The third kappa shape index (κ3) is 2.92. The van der Waals surface area contributed by atoms with E-state index in [2.05, 4.69) is 11.9 Å². The predicted octanol–water partition coefficient (Wildman–Crippen LogP) is 0.113. The summed E-state index contributed by atoms with van der Waals surface area (Å²) >= 11 is 0. The molecule has 0 unspecified atom stereocenters. The molecule has 0 fully saturated rings. The molecule has 2 amide bonds. The van der Waals surface area contributed by atoms with Crippen LogP contribution in [0.5, 0.6) is 0 Å². The molecule has 5 N–H and O–H groups in total. The minimum atomic E-state index is -1.30. The van der Waals surface area contributed by atoms with Gasteiger partial charge in [0.05, 0.1) is 11.1 Å². The molecule has 0 aliphatic rings. The van der Waals surface area contributed by atoms with Gasteiger partial charge >= 0.3 is 5.97 Å². The Morgan fingerprint density at radius 2 is 1.94 bits per heavy atom. The van der Waals surface area contributed by atoms with Crippen molar-refractivity contribution in [3.05, 3.63) is 42.0 Å². The van der Waals surface area contributed by atoms with Gasteiger partial charge in [0, 0.05) is 5.69 Å². The first-order valence-electron chi connectivity index (χ1n) is 4.81. The SMILES string of the molecule is C=CC(=O)Nc1ccc(C(=O)NN)c(C(=O)O)c1. The van der Waals surface area contributed by atoms with E-state index in [1.807, 2.05) is 5.43 Å². The Kier molecular flexibility index (Phi) is 4.16. The first-order valence-corrected chi connectivity index (χ1v) is 4.81. The number of benzene rings is 1. The van der Waals surface area contributed by atoms with E-state index in [1.165, 1.54) is 12.1 Å². The summed E-state index contributed by atoms with van der Waals surface area (Å²) in [4.78, 5) is 33.4. The molecule has 0 aliphatic carbocycles. The van der Waals surface area contributed by atoms with Crippen LogP contribution in [0.1, 0.15) is 20.7 Å². The lowest BCUT2D eigenvalue weighted by Gasteiger charge is -2.08. The second-order valence-corrected chi connectivity index (χ2v) is 3.23. The lowest BCUT2D eigenvalue weighted by molar-refractivity contribution is -0.111. The quantitative estimate of drug-likeness (QED) is 0.261. The van der Waals surface area contributed by atoms with E-state index in [0.717, 1.165) is 12.1 Å². The first-order chi connectivity index (χ1) is 8.49. The summed E-state index contributed by atoms with van der Waals surface area (Å²) in [5.41, 5.74) is 1.72. The van der Waals surface area contributed by atoms with Crippen molar-refractivity contribution in [1.29, 1.82) is 0 Å². The third-order valence-corrected chi connectivity index (χ3v) is 2.08. The molecule has 0 bridgehead atoms. The molecule has 0 radical (unpaired) electrons. The third-order valence-electron chi connectivity index (χ3n) is 2.08. The highest BCUT2D eigenvalue weighted by Crippen LogP contribution is 2.16. The van der Waals surface area contributed by atoms with E-state index in [4.69, 9.17) is 10.9 Å². The highest BCUT2D eigenvalue weighted by atomic mass is 16.4. The van der Waals surface area contributed by atoms with Gasteiger partial charge in [0.15, 0.2) is 0 Å². The molecule has 7 nitrogen and oxygen atoms in total. The monoisotopic (exact) mass is 249 g/mol. The second kappa shape index (κ2) is 5.60. The number of hydrogen-bond acceptors (Lipinski definition) is 4. The van der Waals surface area contributed by atoms with Crippen LogP contribution in [0, 0.1) is 0 Å². The second-order valence-electron chi connectivity index (χ2n) is 3.23. The number of carbonyl (C=O) groups excluding carboxylic acids is 2. The van der Waals surface area contributed by atoms with Crippen LogP contribution in [0.2, 0.25) is 0 Å². The number of carboxylic acids is 1. The summed E-state index contributed by atoms with van der Waals surface area (Å²) < 4.78 is 0. The van der Waals surface area contributed by atoms with Crippen LogP contribution in [-0.2, 0) is 4.79 Å². The first kappa shape index (κ1) is 13.4. The molecule has 0 aliphatic heterocycles. The fraction of sp³-hybridized carbons (Fsp3) is 0. The van der Waals surface area contributed by atoms with Crippen LogP contribution in [0.25, 0.3) is 0 Å². The number of carbonyl (C=O) groups is 3. The van der Waals surface area contributed by atoms with E-state index in [0.29, 0.717) is 0 Å². The number of nitrogen functional groups attached to an aromatic ring is 1. The van der Waals surface area contributed by atoms with E-state index in [9.17, 15) is 14.4 Å². The van der Waals surface area contributed by atoms with Crippen LogP contribution >= 0.6 is 0 Å². The van der Waals surface area contributed by atoms with Gasteiger partial charge in [-0.3, -0.25) is 15.0 Å². The Morgan fingerprint density at radius 3 is 2.44 bits per heavy atom. The molecule has 18 heavy (non-hydrogen) atoms. The average Bonchev–Trinajstić information content (AvgIpc) is 2.37. The summed E-state index contributed by atoms with van der Waals surface area (Å²) in [5, 5.41) is 11.4. The van der Waals surface area contributed by atoms with Crippen molar-refractivity contribution in [3.8, 4) is 0 Å². The molecule has 0 heterocycles. The fourth-order valence-electron chi connectivity index (χ4n) is 1.27. The molecule has 0 saturated heterocycles. The van der Waals surface area contributed by atoms with Crippen molar-refractivity contribution in [2.45, 2.75) is 0 Å². The highest BCUT2D eigenvalue weighted by Gasteiger charge is 2.16. The summed E-state index contributed by atoms with van der Waals surface area (Å²) in [7, 11) is 0. The van der Waals surface area contributed by atoms with Crippen molar-refractivity contribution in [2.24, 2.45) is 5.84 Å². The molecule has 94 valence electrons. The van der Waals surface area contributed by atoms with Gasteiger partial charge < -0.3 is 10.4 Å². The van der Waals surface area contributed by atoms with E-state index < -0.39 is 17.8 Å². The van der Waals surface area contributed by atoms with Gasteiger partial charge in [0.2, 0.25) is 5.91 Å². The molecule has 1 aromatic rings. The largest absolute Gasteiger partial charge is 0.478 e. The zero-order valence-electron chi connectivity index (χ0n) is 9.27. The number of aromatic carboxylic acids is 1. The van der Waals surface area contributed by atoms with Gasteiger partial charge in [-0.1, -0.05) is 6.58 Å². The minimum absolute atomic E-state index is 0.0957. The fourth-order valence-corrected chi connectivity index (χ4v) is 1.27. The highest BCUT2D eigenvalue weighted by molar-refractivity contribution is 6.06. The zero-order chi connectivity index (χ0) is 13.7. The molecule has 0 saturated carbocycles. The molecular formula is C11H11N3O4. The minimum Gasteiger partial charge on any atom is -0.478 e. The van der Waals surface area contributed by atoms with E-state index in [-0.39, 0.29) is 16.8 Å². The molecule has 1 aromatic carbocycles. The summed E-state index contributed by atoms with van der Waals surface area (Å²) in [6.45, 7) is 3.26. The summed E-state index contributed by atoms with van der Waals surface area (Å²) in [5.74, 6) is 2.42. The molecule has 0 atom stereocenters. The molecular weight excluding hydrogens is 238 g/mol. The lowest BCUT2D eigenvalue weighted by atomic mass is 10.1. The van der Waals surface area contributed by atoms with Crippen LogP contribution in [-0.4, -0.2) is 22.9 Å². The van der Waals surface area contributed by atoms with Crippen molar-refractivity contribution >= 4 is 23.5 Å². The Hall–Kier alpha value is -2.67. The Morgan fingerprint density at radius 1 is 1.28 bits per heavy atom. The van der Waals surface area contributed by atoms with Gasteiger partial charge in [-0.15, -0.1) is 0 Å². The summed E-state index contributed by atoms with van der Waals surface area (Å²) in [6.07, 6.45) is 1.04. The van der Waals surface area contributed by atoms with Crippen molar-refractivity contribution in [1.82, 2.24) is 5.43 Å². The van der Waals surface area contributed by atoms with Crippen molar-refractivity contribution in [3.63, 3.8) is 0 Å². The van der Waals surface area contributed by atoms with Crippen LogP contribution in [0.4, 0.5) is 5.69 Å². The average molecular weight is 249 g/mol. The maximum atomic E-state index is 11.3. The Balaban J connectivity index is 3.19.